The van der Waals surface area contributed by atoms with Gasteiger partial charge in [0.1, 0.15) is 11.9 Å². The number of carboxylic acid groups (broad SMARTS) is 1. The van der Waals surface area contributed by atoms with Crippen LogP contribution in [0.1, 0.15) is 60.7 Å². The Kier molecular flexibility index (Phi) is 9.09. The van der Waals surface area contributed by atoms with Gasteiger partial charge in [0.05, 0.1) is 24.4 Å². The number of nitrogens with zero attached hydrogens (tertiary/aromatic N) is 3. The number of methoxy groups -OCH3 is 1. The van der Waals surface area contributed by atoms with Crippen molar-refractivity contribution in [2.24, 2.45) is 22.7 Å². The minimum absolute atomic E-state index is 0.0140. The second-order valence-corrected chi connectivity index (χ2v) is 14.0. The van der Waals surface area contributed by atoms with Crippen molar-refractivity contribution in [3.05, 3.63) is 63.0 Å². The van der Waals surface area contributed by atoms with Gasteiger partial charge in [-0.3, -0.25) is 9.79 Å². The predicted molar refractivity (Wildman–Crippen MR) is 156 cm³/mol. The molecule has 2 N–H and O–H groups in total. The Morgan fingerprint density at radius 3 is 2.50 bits per heavy atom. The Morgan fingerprint density at radius 1 is 1.17 bits per heavy atom. The maximum atomic E-state index is 14.6. The fraction of sp³-hybridized carbons (Fsp3) is 0.517. The van der Waals surface area contributed by atoms with Crippen molar-refractivity contribution in [1.82, 2.24) is 14.6 Å². The molecule has 3 aliphatic rings. The molecule has 0 unspecified atom stereocenters. The van der Waals surface area contributed by atoms with Crippen molar-refractivity contribution in [3.63, 3.8) is 0 Å². The number of rotatable bonds is 8. The monoisotopic (exact) mass is 618 g/mol. The number of allylic oxidation sites excluding steroid dienone is 1. The summed E-state index contributed by atoms with van der Waals surface area (Å²) in [7, 11) is -2.24. The molecule has 5 rings (SSSR count). The van der Waals surface area contributed by atoms with Crippen LogP contribution >= 0.6 is 11.3 Å². The summed E-state index contributed by atoms with van der Waals surface area (Å²) in [6.07, 6.45) is 4.77. The standard InChI is InChI=1S/C29H35FN4O6S2/c1-17-21(4-3-5-22(17)30)25-23(29(37)40-2)24(32-26(33-25)27-31-12-15-41-27)19-10-13-34(14-11-19)42(38,39)16-18-6-8-20(9-7-18)28(35)36/h3-5,12,15,18-20,25H,6-11,13-14,16H2,1-2H3,(H,32,33)(H,35,36)/t18-,20-,25-/m0/s1. The molecule has 1 saturated heterocycles. The lowest BCUT2D eigenvalue weighted by atomic mass is 9.83. The normalized spacial score (nSPS) is 24.2. The molecule has 1 atom stereocenters. The van der Waals surface area contributed by atoms with Crippen LogP contribution < -0.4 is 5.32 Å². The number of esters is 1. The molecule has 0 radical (unpaired) electrons. The van der Waals surface area contributed by atoms with E-state index in [4.69, 9.17) is 9.73 Å². The molecule has 2 aromatic rings. The van der Waals surface area contributed by atoms with E-state index in [1.807, 2.05) is 5.38 Å². The number of thiazole rings is 1. The van der Waals surface area contributed by atoms with E-state index in [9.17, 15) is 27.5 Å². The molecular formula is C29H35FN4O6S2. The van der Waals surface area contributed by atoms with Gasteiger partial charge in [-0.2, -0.15) is 0 Å². The molecular weight excluding hydrogens is 583 g/mol. The van der Waals surface area contributed by atoms with E-state index >= 15 is 0 Å². The van der Waals surface area contributed by atoms with Crippen LogP contribution in [0, 0.1) is 30.5 Å². The van der Waals surface area contributed by atoms with E-state index in [1.54, 1.807) is 25.3 Å². The highest BCUT2D eigenvalue weighted by Crippen LogP contribution is 2.39. The lowest BCUT2D eigenvalue weighted by Crippen LogP contribution is -2.44. The van der Waals surface area contributed by atoms with Gasteiger partial charge in [-0.05, 0) is 68.6 Å². The third-order valence-corrected chi connectivity index (χ3v) is 11.4. The van der Waals surface area contributed by atoms with E-state index in [0.717, 1.165) is 0 Å². The average Bonchev–Trinajstić information content (AvgIpc) is 3.53. The minimum Gasteiger partial charge on any atom is -0.481 e. The molecule has 0 bridgehead atoms. The van der Waals surface area contributed by atoms with Crippen molar-refractivity contribution in [3.8, 4) is 0 Å². The number of sulfonamides is 1. The summed E-state index contributed by atoms with van der Waals surface area (Å²) < 4.78 is 48.0. The second-order valence-electron chi connectivity index (χ2n) is 11.1. The van der Waals surface area contributed by atoms with Gasteiger partial charge >= 0.3 is 11.9 Å². The Morgan fingerprint density at radius 2 is 1.88 bits per heavy atom. The van der Waals surface area contributed by atoms with Gasteiger partial charge in [-0.1, -0.05) is 12.1 Å². The Bertz CT molecular complexity index is 1490. The van der Waals surface area contributed by atoms with E-state index < -0.39 is 39.7 Å². The van der Waals surface area contributed by atoms with Crippen molar-refractivity contribution in [1.29, 1.82) is 0 Å². The lowest BCUT2D eigenvalue weighted by Gasteiger charge is -2.37. The molecule has 42 heavy (non-hydrogen) atoms. The van der Waals surface area contributed by atoms with Crippen LogP contribution in [-0.2, 0) is 24.3 Å². The van der Waals surface area contributed by atoms with E-state index in [-0.39, 0.29) is 36.3 Å². The zero-order chi connectivity index (χ0) is 30.0. The first-order chi connectivity index (χ1) is 20.1. The molecule has 13 heteroatoms. The summed E-state index contributed by atoms with van der Waals surface area (Å²) in [5, 5.41) is 15.0. The number of hydrogen-bond donors (Lipinski definition) is 2. The van der Waals surface area contributed by atoms with Crippen LogP contribution in [0.25, 0.3) is 0 Å². The summed E-state index contributed by atoms with van der Waals surface area (Å²) in [6, 6.07) is 3.87. The Labute approximate surface area is 248 Å². The number of amidine groups is 1. The highest BCUT2D eigenvalue weighted by Gasteiger charge is 2.39. The molecule has 0 spiro atoms. The summed E-state index contributed by atoms with van der Waals surface area (Å²) in [5.74, 6) is -1.96. The van der Waals surface area contributed by atoms with Crippen LogP contribution in [-0.4, -0.2) is 66.5 Å². The van der Waals surface area contributed by atoms with Gasteiger partial charge in [0.25, 0.3) is 0 Å². The highest BCUT2D eigenvalue weighted by atomic mass is 32.2. The predicted octanol–water partition coefficient (Wildman–Crippen LogP) is 4.04. The fourth-order valence-electron chi connectivity index (χ4n) is 6.22. The quantitative estimate of drug-likeness (QED) is 0.423. The molecule has 3 heterocycles. The van der Waals surface area contributed by atoms with Gasteiger partial charge < -0.3 is 15.2 Å². The molecule has 1 aliphatic carbocycles. The number of halogens is 1. The first kappa shape index (κ1) is 30.3. The summed E-state index contributed by atoms with van der Waals surface area (Å²) in [5.41, 5.74) is 1.80. The number of aliphatic imine (C=N–C) groups is 1. The van der Waals surface area contributed by atoms with E-state index in [1.165, 1.54) is 28.8 Å². The number of aromatic nitrogens is 1. The molecule has 226 valence electrons. The average molecular weight is 619 g/mol. The number of benzene rings is 1. The zero-order valence-corrected chi connectivity index (χ0v) is 25.2. The number of carboxylic acids is 1. The molecule has 10 nitrogen and oxygen atoms in total. The van der Waals surface area contributed by atoms with Crippen LogP contribution in [0.2, 0.25) is 0 Å². The van der Waals surface area contributed by atoms with Crippen molar-refractivity contribution < 1.29 is 32.2 Å². The van der Waals surface area contributed by atoms with Crippen molar-refractivity contribution in [2.75, 3.05) is 26.0 Å². The highest BCUT2D eigenvalue weighted by molar-refractivity contribution is 7.89. The smallest absolute Gasteiger partial charge is 0.338 e. The topological polar surface area (TPSA) is 138 Å². The van der Waals surface area contributed by atoms with E-state index in [0.29, 0.717) is 66.2 Å². The van der Waals surface area contributed by atoms with Crippen molar-refractivity contribution >= 4 is 39.1 Å². The summed E-state index contributed by atoms with van der Waals surface area (Å²) in [6.45, 7) is 2.21. The summed E-state index contributed by atoms with van der Waals surface area (Å²) in [4.78, 5) is 33.7. The number of carbonyl (C=O) groups excluding carboxylic acids is 1. The number of hydrogen-bond acceptors (Lipinski definition) is 9. The molecule has 2 fully saturated rings. The number of ether oxygens (including phenoxy) is 1. The number of nitrogens with one attached hydrogen (secondary N) is 1. The number of aliphatic carboxylic acids is 1. The maximum absolute atomic E-state index is 14.6. The molecule has 1 saturated carbocycles. The first-order valence-electron chi connectivity index (χ1n) is 14.1. The third kappa shape index (κ3) is 6.28. The van der Waals surface area contributed by atoms with Gasteiger partial charge in [0, 0.05) is 36.3 Å². The van der Waals surface area contributed by atoms with Gasteiger partial charge in [-0.25, -0.2) is 26.9 Å². The SMILES string of the molecule is COC(=O)C1=C(C2CCN(S(=O)(=O)C[C@H]3CC[C@H](C(=O)O)CC3)CC2)NC(c2nccs2)=N[C@H]1c1cccc(F)c1C. The third-order valence-electron chi connectivity index (χ3n) is 8.62. The van der Waals surface area contributed by atoms with Crippen LogP contribution in [0.15, 0.2) is 46.0 Å². The Balaban J connectivity index is 1.39. The largest absolute Gasteiger partial charge is 0.481 e. The second kappa shape index (κ2) is 12.6. The molecule has 1 aromatic heterocycles. The maximum Gasteiger partial charge on any atom is 0.338 e. The van der Waals surface area contributed by atoms with Crippen LogP contribution in [0.5, 0.6) is 0 Å². The summed E-state index contributed by atoms with van der Waals surface area (Å²) >= 11 is 1.38. The minimum atomic E-state index is -3.54. The van der Waals surface area contributed by atoms with Gasteiger partial charge in [-0.15, -0.1) is 11.3 Å². The Hall–Kier alpha value is -3.16. The van der Waals surface area contributed by atoms with Crippen molar-refractivity contribution in [2.45, 2.75) is 51.5 Å². The number of carbonyl (C=O) groups is 2. The lowest BCUT2D eigenvalue weighted by molar-refractivity contribution is -0.143. The number of piperidine rings is 1. The van der Waals surface area contributed by atoms with E-state index in [2.05, 4.69) is 10.3 Å². The fourth-order valence-corrected chi connectivity index (χ4v) is 8.71. The van der Waals surface area contributed by atoms with Crippen LogP contribution in [0.4, 0.5) is 4.39 Å². The van der Waals surface area contributed by atoms with Gasteiger partial charge in [0.2, 0.25) is 10.0 Å². The molecule has 0 amide bonds. The van der Waals surface area contributed by atoms with Gasteiger partial charge in [0.15, 0.2) is 10.8 Å². The first-order valence-corrected chi connectivity index (χ1v) is 16.6. The van der Waals surface area contributed by atoms with Crippen LogP contribution in [0.3, 0.4) is 0 Å². The molecule has 1 aromatic carbocycles. The zero-order valence-electron chi connectivity index (χ0n) is 23.6. The molecule has 2 aliphatic heterocycles.